The van der Waals surface area contributed by atoms with Gasteiger partial charge in [-0.2, -0.15) is 0 Å². The molecule has 0 atom stereocenters. The number of carbonyl (C=O) groups is 2. The van der Waals surface area contributed by atoms with Gasteiger partial charge in [-0.05, 0) is 38.8 Å². The number of benzene rings is 1. The van der Waals surface area contributed by atoms with Gasteiger partial charge < -0.3 is 14.1 Å². The van der Waals surface area contributed by atoms with Gasteiger partial charge in [0, 0.05) is 32.1 Å². The van der Waals surface area contributed by atoms with Crippen molar-refractivity contribution >= 4 is 23.1 Å². The molecule has 0 N–H and O–H groups in total. The molecule has 2 aromatic rings. The van der Waals surface area contributed by atoms with Crippen LogP contribution in [-0.2, 0) is 16.1 Å². The van der Waals surface area contributed by atoms with Gasteiger partial charge in [-0.15, -0.1) is 0 Å². The maximum absolute atomic E-state index is 12.6. The Kier molecular flexibility index (Phi) is 4.64. The Hall–Kier alpha value is -2.77. The van der Waals surface area contributed by atoms with Crippen LogP contribution in [0.3, 0.4) is 0 Å². The third kappa shape index (κ3) is 3.27. The Labute approximate surface area is 162 Å². The van der Waals surface area contributed by atoms with Crippen LogP contribution in [0.2, 0.25) is 0 Å². The van der Waals surface area contributed by atoms with Crippen LogP contribution in [0.4, 0.5) is 4.79 Å². The first-order valence-electron chi connectivity index (χ1n) is 9.69. The highest BCUT2D eigenvalue weighted by Gasteiger charge is 2.44. The standard InChI is InChI=1S/C20H25N3O5/c1-20(2)13-27-19(26)23(20)14-7-10-21(11-8-14)17(24)9-12-22-15-5-3-4-6-16(15)28-18(22)25/h3-6,14H,7-13H2,1-2H3. The van der Waals surface area contributed by atoms with Crippen LogP contribution in [-0.4, -0.2) is 57.6 Å². The molecule has 2 fully saturated rings. The SMILES string of the molecule is CC1(C)COC(=O)N1C1CCN(C(=O)CCn2c(=O)oc3ccccc32)CC1. The van der Waals surface area contributed by atoms with Crippen molar-refractivity contribution in [2.45, 2.75) is 51.2 Å². The van der Waals surface area contributed by atoms with Crippen LogP contribution >= 0.6 is 0 Å². The van der Waals surface area contributed by atoms with Crippen LogP contribution in [0.5, 0.6) is 0 Å². The number of likely N-dealkylation sites (tertiary alicyclic amines) is 1. The Morgan fingerprint density at radius 1 is 1.18 bits per heavy atom. The molecule has 2 saturated heterocycles. The summed E-state index contributed by atoms with van der Waals surface area (Å²) >= 11 is 0. The van der Waals surface area contributed by atoms with E-state index in [1.165, 1.54) is 4.57 Å². The third-order valence-electron chi connectivity index (χ3n) is 5.70. The van der Waals surface area contributed by atoms with Crippen LogP contribution in [0.1, 0.15) is 33.1 Å². The number of hydrogen-bond acceptors (Lipinski definition) is 5. The summed E-state index contributed by atoms with van der Waals surface area (Å²) < 4.78 is 11.9. The predicted octanol–water partition coefficient (Wildman–Crippen LogP) is 2.21. The summed E-state index contributed by atoms with van der Waals surface area (Å²) in [5.74, 6) is -0.429. The Balaban J connectivity index is 1.35. The van der Waals surface area contributed by atoms with E-state index in [4.69, 9.17) is 9.15 Å². The van der Waals surface area contributed by atoms with Crippen molar-refractivity contribution in [2.24, 2.45) is 0 Å². The lowest BCUT2D eigenvalue weighted by Crippen LogP contribution is -2.53. The van der Waals surface area contributed by atoms with E-state index >= 15 is 0 Å². The third-order valence-corrected chi connectivity index (χ3v) is 5.70. The van der Waals surface area contributed by atoms with Crippen molar-refractivity contribution in [3.05, 3.63) is 34.8 Å². The molecular formula is C20H25N3O5. The number of nitrogens with zero attached hydrogens (tertiary/aromatic N) is 3. The number of amides is 2. The lowest BCUT2D eigenvalue weighted by Gasteiger charge is -2.40. The number of para-hydroxylation sites is 2. The molecule has 0 saturated carbocycles. The fourth-order valence-corrected chi connectivity index (χ4v) is 4.23. The van der Waals surface area contributed by atoms with Crippen LogP contribution in [0.25, 0.3) is 11.1 Å². The van der Waals surface area contributed by atoms with Crippen molar-refractivity contribution in [3.8, 4) is 0 Å². The molecule has 2 amide bonds. The Morgan fingerprint density at radius 3 is 2.57 bits per heavy atom. The molecule has 2 aliphatic rings. The van der Waals surface area contributed by atoms with Gasteiger partial charge in [0.05, 0.1) is 11.1 Å². The van der Waals surface area contributed by atoms with E-state index in [9.17, 15) is 14.4 Å². The quantitative estimate of drug-likeness (QED) is 0.803. The minimum atomic E-state index is -0.442. The zero-order valence-corrected chi connectivity index (χ0v) is 16.2. The minimum absolute atomic E-state index is 0.0129. The summed E-state index contributed by atoms with van der Waals surface area (Å²) in [4.78, 5) is 40.4. The number of hydrogen-bond donors (Lipinski definition) is 0. The number of oxazole rings is 1. The second kappa shape index (κ2) is 7.00. The largest absolute Gasteiger partial charge is 0.447 e. The highest BCUT2D eigenvalue weighted by atomic mass is 16.6. The van der Waals surface area contributed by atoms with E-state index in [-0.39, 0.29) is 30.0 Å². The molecule has 0 radical (unpaired) electrons. The monoisotopic (exact) mass is 387 g/mol. The molecule has 3 heterocycles. The van der Waals surface area contributed by atoms with Crippen LogP contribution in [0, 0.1) is 0 Å². The van der Waals surface area contributed by atoms with E-state index in [1.807, 2.05) is 41.8 Å². The predicted molar refractivity (Wildman–Crippen MR) is 102 cm³/mol. The molecule has 1 aromatic carbocycles. The van der Waals surface area contributed by atoms with Crippen molar-refractivity contribution < 1.29 is 18.7 Å². The summed E-state index contributed by atoms with van der Waals surface area (Å²) in [5.41, 5.74) is 0.923. The second-order valence-electron chi connectivity index (χ2n) is 8.09. The number of ether oxygens (including phenoxy) is 1. The average Bonchev–Trinajstić information content (AvgIpc) is 3.14. The van der Waals surface area contributed by atoms with Crippen LogP contribution in [0.15, 0.2) is 33.5 Å². The zero-order valence-electron chi connectivity index (χ0n) is 16.2. The first kappa shape index (κ1) is 18.6. The molecule has 0 aliphatic carbocycles. The highest BCUT2D eigenvalue weighted by Crippen LogP contribution is 2.30. The number of piperidine rings is 1. The molecule has 28 heavy (non-hydrogen) atoms. The molecule has 2 aliphatic heterocycles. The fraction of sp³-hybridized carbons (Fsp3) is 0.550. The lowest BCUT2D eigenvalue weighted by molar-refractivity contribution is -0.133. The molecule has 8 heteroatoms. The fourth-order valence-electron chi connectivity index (χ4n) is 4.23. The maximum atomic E-state index is 12.6. The van der Waals surface area contributed by atoms with E-state index in [2.05, 4.69) is 0 Å². The highest BCUT2D eigenvalue weighted by molar-refractivity contribution is 5.77. The first-order valence-corrected chi connectivity index (χ1v) is 9.69. The smallest absolute Gasteiger partial charge is 0.419 e. The number of fused-ring (bicyclic) bond motifs is 1. The summed E-state index contributed by atoms with van der Waals surface area (Å²) in [6.45, 7) is 5.90. The molecule has 0 unspecified atom stereocenters. The number of carbonyl (C=O) groups excluding carboxylic acids is 2. The van der Waals surface area contributed by atoms with E-state index < -0.39 is 5.76 Å². The zero-order chi connectivity index (χ0) is 19.9. The number of rotatable bonds is 4. The number of cyclic esters (lactones) is 1. The normalized spacial score (nSPS) is 20.0. The lowest BCUT2D eigenvalue weighted by atomic mass is 9.97. The molecule has 1 aromatic heterocycles. The minimum Gasteiger partial charge on any atom is -0.447 e. The summed E-state index contributed by atoms with van der Waals surface area (Å²) in [6.07, 6.45) is 1.45. The van der Waals surface area contributed by atoms with Crippen molar-refractivity contribution in [1.82, 2.24) is 14.4 Å². The van der Waals surface area contributed by atoms with Gasteiger partial charge in [-0.25, -0.2) is 9.59 Å². The van der Waals surface area contributed by atoms with Crippen molar-refractivity contribution in [3.63, 3.8) is 0 Å². The Bertz CT molecular complexity index is 952. The van der Waals surface area contributed by atoms with Crippen molar-refractivity contribution in [1.29, 1.82) is 0 Å². The molecule has 8 nitrogen and oxygen atoms in total. The van der Waals surface area contributed by atoms with Gasteiger partial charge in [0.15, 0.2) is 5.58 Å². The summed E-state index contributed by atoms with van der Waals surface area (Å²) in [6, 6.07) is 7.29. The van der Waals surface area contributed by atoms with Gasteiger partial charge in [0.25, 0.3) is 0 Å². The maximum Gasteiger partial charge on any atom is 0.419 e. The number of aromatic nitrogens is 1. The van der Waals surface area contributed by atoms with E-state index in [1.54, 1.807) is 6.07 Å². The number of aryl methyl sites for hydroxylation is 1. The van der Waals surface area contributed by atoms with E-state index in [0.717, 1.165) is 12.8 Å². The van der Waals surface area contributed by atoms with Crippen LogP contribution < -0.4 is 5.76 Å². The molecule has 0 bridgehead atoms. The van der Waals surface area contributed by atoms with Gasteiger partial charge in [-0.1, -0.05) is 12.1 Å². The van der Waals surface area contributed by atoms with Gasteiger partial charge >= 0.3 is 11.8 Å². The Morgan fingerprint density at radius 2 is 1.89 bits per heavy atom. The second-order valence-corrected chi connectivity index (χ2v) is 8.09. The summed E-state index contributed by atoms with van der Waals surface area (Å²) in [7, 11) is 0. The molecular weight excluding hydrogens is 362 g/mol. The molecule has 0 spiro atoms. The van der Waals surface area contributed by atoms with Crippen molar-refractivity contribution in [2.75, 3.05) is 19.7 Å². The molecule has 4 rings (SSSR count). The first-order chi connectivity index (χ1) is 13.4. The van der Waals surface area contributed by atoms with E-state index in [0.29, 0.717) is 37.3 Å². The average molecular weight is 387 g/mol. The topological polar surface area (TPSA) is 85.0 Å². The summed E-state index contributed by atoms with van der Waals surface area (Å²) in [5, 5.41) is 0. The molecule has 150 valence electrons. The van der Waals surface area contributed by atoms with Gasteiger partial charge in [-0.3, -0.25) is 14.3 Å². The van der Waals surface area contributed by atoms with Gasteiger partial charge in [0.1, 0.15) is 6.61 Å². The van der Waals surface area contributed by atoms with Gasteiger partial charge in [0.2, 0.25) is 5.91 Å².